The fourth-order valence-corrected chi connectivity index (χ4v) is 4.10. The Morgan fingerprint density at radius 2 is 2.18 bits per heavy atom. The van der Waals surface area contributed by atoms with Gasteiger partial charge in [0, 0.05) is 43.7 Å². The van der Waals surface area contributed by atoms with Gasteiger partial charge in [-0.05, 0) is 50.1 Å². The molecule has 0 N–H and O–H groups in total. The topological polar surface area (TPSA) is 71.3 Å². The minimum Gasteiger partial charge on any atom is -0.339 e. The van der Waals surface area contributed by atoms with Crippen molar-refractivity contribution in [1.82, 2.24) is 24.8 Å². The summed E-state index contributed by atoms with van der Waals surface area (Å²) in [6.45, 7) is 7.36. The number of hydrogen-bond acceptors (Lipinski definition) is 5. The summed E-state index contributed by atoms with van der Waals surface area (Å²) in [5.74, 6) is 0.274. The quantitative estimate of drug-likeness (QED) is 0.669. The molecule has 0 saturated carbocycles. The van der Waals surface area contributed by atoms with E-state index in [9.17, 15) is 9.59 Å². The van der Waals surface area contributed by atoms with Crippen LogP contribution in [-0.2, 0) is 11.3 Å². The molecule has 0 bridgehead atoms. The molecule has 2 amide bonds. The van der Waals surface area contributed by atoms with Crippen molar-refractivity contribution in [2.75, 3.05) is 26.2 Å². The Morgan fingerprint density at radius 1 is 1.36 bits per heavy atom. The van der Waals surface area contributed by atoms with Gasteiger partial charge in [0.05, 0.1) is 6.20 Å². The van der Waals surface area contributed by atoms with Crippen molar-refractivity contribution in [2.45, 2.75) is 33.2 Å². The lowest BCUT2D eigenvalue weighted by molar-refractivity contribution is -0.127. The van der Waals surface area contributed by atoms with Crippen molar-refractivity contribution in [3.8, 4) is 0 Å². The van der Waals surface area contributed by atoms with Gasteiger partial charge in [0.25, 0.3) is 5.91 Å². The fourth-order valence-electron chi connectivity index (χ4n) is 3.48. The highest BCUT2D eigenvalue weighted by Gasteiger charge is 2.24. The molecule has 7 nitrogen and oxygen atoms in total. The predicted octanol–water partition coefficient (Wildman–Crippen LogP) is 2.77. The first-order valence-electron chi connectivity index (χ1n) is 9.80. The zero-order valence-corrected chi connectivity index (χ0v) is 17.3. The number of aromatic nitrogens is 3. The highest BCUT2D eigenvalue weighted by molar-refractivity contribution is 7.10. The SMILES string of the molecule is CCN(CC)C(=O)c1cn(CC2CCCN(C(=O)/C=C/c3cccs3)C2)nn1. The monoisotopic (exact) mass is 401 g/mol. The van der Waals surface area contributed by atoms with E-state index < -0.39 is 0 Å². The van der Waals surface area contributed by atoms with Crippen LogP contribution < -0.4 is 0 Å². The van der Waals surface area contributed by atoms with Crippen LogP contribution in [0.5, 0.6) is 0 Å². The van der Waals surface area contributed by atoms with Gasteiger partial charge < -0.3 is 9.80 Å². The fraction of sp³-hybridized carbons (Fsp3) is 0.500. The van der Waals surface area contributed by atoms with Gasteiger partial charge >= 0.3 is 0 Å². The number of likely N-dealkylation sites (tertiary alicyclic amines) is 1. The molecule has 1 fully saturated rings. The average molecular weight is 402 g/mol. The zero-order valence-electron chi connectivity index (χ0n) is 16.5. The highest BCUT2D eigenvalue weighted by Crippen LogP contribution is 2.19. The minimum atomic E-state index is -0.0876. The molecule has 2 aromatic heterocycles. The number of amides is 2. The Balaban J connectivity index is 1.56. The van der Waals surface area contributed by atoms with Crippen molar-refractivity contribution in [1.29, 1.82) is 0 Å². The number of piperidine rings is 1. The molecule has 28 heavy (non-hydrogen) atoms. The van der Waals surface area contributed by atoms with Crippen LogP contribution >= 0.6 is 11.3 Å². The van der Waals surface area contributed by atoms with Crippen LogP contribution in [0.1, 0.15) is 42.1 Å². The van der Waals surface area contributed by atoms with Crippen LogP contribution in [-0.4, -0.2) is 62.8 Å². The summed E-state index contributed by atoms with van der Waals surface area (Å²) in [7, 11) is 0. The molecule has 8 heteroatoms. The third-order valence-electron chi connectivity index (χ3n) is 5.02. The molecule has 3 rings (SSSR count). The molecule has 1 saturated heterocycles. The summed E-state index contributed by atoms with van der Waals surface area (Å²) in [4.78, 5) is 29.6. The molecule has 1 atom stereocenters. The summed E-state index contributed by atoms with van der Waals surface area (Å²) < 4.78 is 1.73. The van der Waals surface area contributed by atoms with Gasteiger partial charge in [-0.25, -0.2) is 0 Å². The van der Waals surface area contributed by atoms with E-state index in [0.717, 1.165) is 24.3 Å². The first-order valence-corrected chi connectivity index (χ1v) is 10.7. The first kappa shape index (κ1) is 20.3. The van der Waals surface area contributed by atoms with Gasteiger partial charge in [0.15, 0.2) is 5.69 Å². The maximum atomic E-state index is 12.5. The maximum Gasteiger partial charge on any atom is 0.276 e. The van der Waals surface area contributed by atoms with Gasteiger partial charge in [-0.2, -0.15) is 0 Å². The Hall–Kier alpha value is -2.48. The number of rotatable bonds is 7. The lowest BCUT2D eigenvalue weighted by Crippen LogP contribution is -2.40. The second-order valence-electron chi connectivity index (χ2n) is 6.94. The van der Waals surface area contributed by atoms with E-state index in [1.165, 1.54) is 0 Å². The minimum absolute atomic E-state index is 0.0501. The van der Waals surface area contributed by atoms with Gasteiger partial charge in [-0.15, -0.1) is 16.4 Å². The summed E-state index contributed by atoms with van der Waals surface area (Å²) in [5.41, 5.74) is 0.381. The summed E-state index contributed by atoms with van der Waals surface area (Å²) in [6, 6.07) is 3.97. The van der Waals surface area contributed by atoms with Gasteiger partial charge in [0.1, 0.15) is 0 Å². The van der Waals surface area contributed by atoms with Gasteiger partial charge in [-0.1, -0.05) is 11.3 Å². The summed E-state index contributed by atoms with van der Waals surface area (Å²) in [6.07, 6.45) is 7.27. The molecular weight excluding hydrogens is 374 g/mol. The smallest absolute Gasteiger partial charge is 0.276 e. The number of carbonyl (C=O) groups excluding carboxylic acids is 2. The van der Waals surface area contributed by atoms with Crippen LogP contribution in [0.3, 0.4) is 0 Å². The van der Waals surface area contributed by atoms with E-state index in [-0.39, 0.29) is 11.8 Å². The molecule has 0 radical (unpaired) electrons. The van der Waals surface area contributed by atoms with Crippen molar-refractivity contribution in [3.05, 3.63) is 40.4 Å². The maximum absolute atomic E-state index is 12.5. The standard InChI is InChI=1S/C20H27N5O2S/c1-3-23(4-2)20(27)18-15-25(22-21-18)14-16-7-5-11-24(13-16)19(26)10-9-17-8-6-12-28-17/h6,8-10,12,15-16H,3-5,7,11,13-14H2,1-2H3/b10-9+. The molecule has 0 spiro atoms. The third kappa shape index (κ3) is 5.07. The largest absolute Gasteiger partial charge is 0.339 e. The molecule has 1 aliphatic rings. The van der Waals surface area contributed by atoms with E-state index in [0.29, 0.717) is 37.8 Å². The lowest BCUT2D eigenvalue weighted by Gasteiger charge is -2.32. The van der Waals surface area contributed by atoms with E-state index in [2.05, 4.69) is 10.3 Å². The van der Waals surface area contributed by atoms with Crippen molar-refractivity contribution in [2.24, 2.45) is 5.92 Å². The molecule has 1 unspecified atom stereocenters. The number of nitrogens with zero attached hydrogens (tertiary/aromatic N) is 5. The number of carbonyl (C=O) groups is 2. The van der Waals surface area contributed by atoms with Crippen LogP contribution in [0.15, 0.2) is 29.8 Å². The number of thiophene rings is 1. The molecule has 3 heterocycles. The second-order valence-corrected chi connectivity index (χ2v) is 7.92. The first-order chi connectivity index (χ1) is 13.6. The lowest BCUT2D eigenvalue weighted by atomic mass is 9.98. The molecule has 1 aliphatic heterocycles. The van der Waals surface area contributed by atoms with E-state index in [1.807, 2.05) is 42.3 Å². The van der Waals surface area contributed by atoms with Crippen molar-refractivity contribution < 1.29 is 9.59 Å². The third-order valence-corrected chi connectivity index (χ3v) is 5.86. The molecule has 0 aromatic carbocycles. The predicted molar refractivity (Wildman–Crippen MR) is 110 cm³/mol. The van der Waals surface area contributed by atoms with Crippen LogP contribution in [0.2, 0.25) is 0 Å². The van der Waals surface area contributed by atoms with Crippen LogP contribution in [0.4, 0.5) is 0 Å². The highest BCUT2D eigenvalue weighted by atomic mass is 32.1. The van der Waals surface area contributed by atoms with Gasteiger partial charge in [0.2, 0.25) is 5.91 Å². The molecule has 150 valence electrons. The van der Waals surface area contributed by atoms with Crippen LogP contribution in [0, 0.1) is 5.92 Å². The second kappa shape index (κ2) is 9.64. The molecule has 2 aromatic rings. The molecule has 0 aliphatic carbocycles. The number of hydrogen-bond donors (Lipinski definition) is 0. The summed E-state index contributed by atoms with van der Waals surface area (Å²) in [5, 5.41) is 10.2. The Kier molecular flexibility index (Phi) is 6.97. The normalized spacial score (nSPS) is 17.2. The van der Waals surface area contributed by atoms with Gasteiger partial charge in [-0.3, -0.25) is 14.3 Å². The van der Waals surface area contributed by atoms with E-state index in [4.69, 9.17) is 0 Å². The van der Waals surface area contributed by atoms with Crippen molar-refractivity contribution in [3.63, 3.8) is 0 Å². The average Bonchev–Trinajstić information content (AvgIpc) is 3.39. The van der Waals surface area contributed by atoms with Crippen molar-refractivity contribution >= 4 is 29.2 Å². The Labute approximate surface area is 169 Å². The zero-order chi connectivity index (χ0) is 19.9. The van der Waals surface area contributed by atoms with Crippen LogP contribution in [0.25, 0.3) is 6.08 Å². The Morgan fingerprint density at radius 3 is 2.89 bits per heavy atom. The summed E-state index contributed by atoms with van der Waals surface area (Å²) >= 11 is 1.62. The van der Waals surface area contributed by atoms with E-state index in [1.54, 1.807) is 33.2 Å². The van der Waals surface area contributed by atoms with E-state index >= 15 is 0 Å². The Bertz CT molecular complexity index is 810. The molecular formula is C20H27N5O2S.